The summed E-state index contributed by atoms with van der Waals surface area (Å²) in [6, 6.07) is 0. The molecule has 2 fully saturated rings. The van der Waals surface area contributed by atoms with Crippen LogP contribution < -0.4 is 0 Å². The summed E-state index contributed by atoms with van der Waals surface area (Å²) in [5.41, 5.74) is 0. The number of carboxylic acids is 2. The highest BCUT2D eigenvalue weighted by atomic mass is 16.4. The number of hydrogen-bond acceptors (Lipinski definition) is 4. The lowest BCUT2D eigenvalue weighted by Gasteiger charge is -2.30. The number of allylic oxidation sites excluding steroid dienone is 2. The molecule has 8 nitrogen and oxygen atoms in total. The van der Waals surface area contributed by atoms with Gasteiger partial charge >= 0.3 is 11.9 Å². The van der Waals surface area contributed by atoms with Gasteiger partial charge in [-0.05, 0) is 75.4 Å². The zero-order chi connectivity index (χ0) is 31.0. The average molecular weight is 591 g/mol. The fraction of sp³-hybridized carbons (Fsp3) is 0.765. The van der Waals surface area contributed by atoms with Crippen LogP contribution in [0.15, 0.2) is 24.3 Å². The summed E-state index contributed by atoms with van der Waals surface area (Å²) in [5, 5.41) is 17.5. The predicted octanol–water partition coefficient (Wildman–Crippen LogP) is 7.23. The van der Waals surface area contributed by atoms with Crippen molar-refractivity contribution in [1.82, 2.24) is 9.80 Å². The first-order valence-electron chi connectivity index (χ1n) is 16.6. The molecule has 0 bridgehead atoms. The monoisotopic (exact) mass is 590 g/mol. The normalized spacial score (nSPS) is 16.5. The third-order valence-corrected chi connectivity index (χ3v) is 8.25. The van der Waals surface area contributed by atoms with Gasteiger partial charge in [-0.25, -0.2) is 0 Å². The summed E-state index contributed by atoms with van der Waals surface area (Å²) >= 11 is 0. The molecule has 2 aliphatic heterocycles. The number of nitrogens with zero attached hydrogens (tertiary/aromatic N) is 2. The number of carbonyl (C=O) groups is 4. The van der Waals surface area contributed by atoms with E-state index < -0.39 is 11.9 Å². The molecule has 0 radical (unpaired) electrons. The van der Waals surface area contributed by atoms with Gasteiger partial charge < -0.3 is 20.0 Å². The van der Waals surface area contributed by atoms with E-state index in [1.807, 2.05) is 22.0 Å². The molecule has 42 heavy (non-hydrogen) atoms. The highest BCUT2D eigenvalue weighted by Gasteiger charge is 2.24. The fourth-order valence-corrected chi connectivity index (χ4v) is 5.52. The number of carbonyl (C=O) groups excluding carboxylic acids is 2. The summed E-state index contributed by atoms with van der Waals surface area (Å²) in [4.78, 5) is 49.0. The minimum atomic E-state index is -0.734. The Hall–Kier alpha value is -2.64. The van der Waals surface area contributed by atoms with Crippen LogP contribution in [-0.2, 0) is 19.2 Å². The van der Waals surface area contributed by atoms with Crippen molar-refractivity contribution in [2.75, 3.05) is 26.2 Å². The number of aliphatic carboxylic acids is 2. The molecule has 0 spiro atoms. The molecule has 2 N–H and O–H groups in total. The molecule has 0 saturated carbocycles. The molecular formula is C34H58N2O6. The Morgan fingerprint density at radius 2 is 0.905 bits per heavy atom. The first kappa shape index (κ1) is 37.4. The largest absolute Gasteiger partial charge is 0.481 e. The summed E-state index contributed by atoms with van der Waals surface area (Å²) in [5.74, 6) is -0.844. The van der Waals surface area contributed by atoms with Crippen molar-refractivity contribution < 1.29 is 29.4 Å². The molecule has 240 valence electrons. The van der Waals surface area contributed by atoms with Crippen LogP contribution >= 0.6 is 0 Å². The molecular weight excluding hydrogens is 532 g/mol. The van der Waals surface area contributed by atoms with Gasteiger partial charge in [-0.2, -0.15) is 0 Å². The van der Waals surface area contributed by atoms with Gasteiger partial charge in [0.05, 0.1) is 0 Å². The van der Waals surface area contributed by atoms with Gasteiger partial charge in [-0.3, -0.25) is 19.2 Å². The van der Waals surface area contributed by atoms with Gasteiger partial charge in [-0.15, -0.1) is 0 Å². The standard InChI is InChI=1S/2C17H29NO3/c2*1-2-3-4-5-6-7-8-9-16(19)18-12-10-15(11-13-18)14-17(20)21/h2*8-9,15H,2-7,10-14H2,1H3,(H,20,21). The van der Waals surface area contributed by atoms with Crippen LogP contribution in [0.4, 0.5) is 0 Å². The fourth-order valence-electron chi connectivity index (χ4n) is 5.52. The Balaban J connectivity index is 0.000000420. The summed E-state index contributed by atoms with van der Waals surface area (Å²) in [7, 11) is 0. The van der Waals surface area contributed by atoms with Crippen molar-refractivity contribution in [3.05, 3.63) is 24.3 Å². The van der Waals surface area contributed by atoms with Crippen LogP contribution in [0.3, 0.4) is 0 Å². The van der Waals surface area contributed by atoms with E-state index in [0.717, 1.165) is 51.4 Å². The van der Waals surface area contributed by atoms with E-state index in [2.05, 4.69) is 13.8 Å². The maximum atomic E-state index is 12.0. The maximum absolute atomic E-state index is 12.0. The second-order valence-electron chi connectivity index (χ2n) is 11.9. The van der Waals surface area contributed by atoms with Gasteiger partial charge in [0.25, 0.3) is 0 Å². The van der Waals surface area contributed by atoms with E-state index in [1.165, 1.54) is 51.4 Å². The van der Waals surface area contributed by atoms with Crippen molar-refractivity contribution in [2.24, 2.45) is 11.8 Å². The molecule has 8 heteroatoms. The summed E-state index contributed by atoms with van der Waals surface area (Å²) in [6.07, 6.45) is 25.5. The lowest BCUT2D eigenvalue weighted by molar-refractivity contribution is -0.139. The number of carboxylic acid groups (broad SMARTS) is 2. The van der Waals surface area contributed by atoms with E-state index >= 15 is 0 Å². The first-order valence-corrected chi connectivity index (χ1v) is 16.6. The Morgan fingerprint density at radius 3 is 1.21 bits per heavy atom. The number of unbranched alkanes of at least 4 members (excludes halogenated alkanes) is 10. The van der Waals surface area contributed by atoms with Crippen LogP contribution in [-0.4, -0.2) is 69.9 Å². The molecule has 0 atom stereocenters. The van der Waals surface area contributed by atoms with Crippen LogP contribution in [0.1, 0.15) is 129 Å². The smallest absolute Gasteiger partial charge is 0.303 e. The highest BCUT2D eigenvalue weighted by molar-refractivity contribution is 5.88. The second kappa shape index (κ2) is 23.9. The third kappa shape index (κ3) is 18.7. The maximum Gasteiger partial charge on any atom is 0.303 e. The zero-order valence-corrected chi connectivity index (χ0v) is 26.4. The van der Waals surface area contributed by atoms with E-state index in [9.17, 15) is 19.2 Å². The van der Waals surface area contributed by atoms with Gasteiger partial charge in [0, 0.05) is 39.0 Å². The average Bonchev–Trinajstić information content (AvgIpc) is 2.96. The van der Waals surface area contributed by atoms with E-state index in [0.29, 0.717) is 26.2 Å². The molecule has 0 aromatic rings. The van der Waals surface area contributed by atoms with Crippen molar-refractivity contribution >= 4 is 23.8 Å². The van der Waals surface area contributed by atoms with Crippen LogP contribution in [0.25, 0.3) is 0 Å². The molecule has 2 heterocycles. The number of likely N-dealkylation sites (tertiary alicyclic amines) is 2. The van der Waals surface area contributed by atoms with Crippen molar-refractivity contribution in [3.8, 4) is 0 Å². The Kier molecular flexibility index (Phi) is 21.2. The highest BCUT2D eigenvalue weighted by Crippen LogP contribution is 2.21. The van der Waals surface area contributed by atoms with Crippen LogP contribution in [0.2, 0.25) is 0 Å². The topological polar surface area (TPSA) is 115 Å². The summed E-state index contributed by atoms with van der Waals surface area (Å²) in [6.45, 7) is 7.18. The van der Waals surface area contributed by atoms with Crippen LogP contribution in [0.5, 0.6) is 0 Å². The minimum absolute atomic E-state index is 0.0809. The minimum Gasteiger partial charge on any atom is -0.481 e. The Morgan fingerprint density at radius 1 is 0.571 bits per heavy atom. The molecule has 2 saturated heterocycles. The second-order valence-corrected chi connectivity index (χ2v) is 11.9. The molecule has 0 aromatic heterocycles. The molecule has 0 aliphatic carbocycles. The first-order chi connectivity index (χ1) is 20.3. The van der Waals surface area contributed by atoms with Crippen molar-refractivity contribution in [3.63, 3.8) is 0 Å². The number of rotatable bonds is 18. The quantitative estimate of drug-likeness (QED) is 0.128. The van der Waals surface area contributed by atoms with Crippen molar-refractivity contribution in [2.45, 2.75) is 129 Å². The predicted molar refractivity (Wildman–Crippen MR) is 168 cm³/mol. The van der Waals surface area contributed by atoms with Crippen LogP contribution in [0, 0.1) is 11.8 Å². The number of hydrogen-bond donors (Lipinski definition) is 2. The molecule has 0 aromatic carbocycles. The van der Waals surface area contributed by atoms with E-state index in [-0.39, 0.29) is 36.5 Å². The van der Waals surface area contributed by atoms with Gasteiger partial charge in [0.15, 0.2) is 0 Å². The number of amides is 2. The van der Waals surface area contributed by atoms with Crippen molar-refractivity contribution in [1.29, 1.82) is 0 Å². The molecule has 0 unspecified atom stereocenters. The van der Waals surface area contributed by atoms with Gasteiger partial charge in [0.1, 0.15) is 0 Å². The van der Waals surface area contributed by atoms with E-state index in [4.69, 9.17) is 10.2 Å². The SMILES string of the molecule is CCCCCCCC=CC(=O)N1CCC(CC(=O)O)CC1.CCCCCCCC=CC(=O)N1CCC(CC(=O)O)CC1. The van der Waals surface area contributed by atoms with E-state index in [1.54, 1.807) is 12.2 Å². The molecule has 2 aliphatic rings. The van der Waals surface area contributed by atoms with Gasteiger partial charge in [-0.1, -0.05) is 77.4 Å². The lowest BCUT2D eigenvalue weighted by atomic mass is 9.93. The Labute approximate surface area is 254 Å². The third-order valence-electron chi connectivity index (χ3n) is 8.25. The number of piperidine rings is 2. The zero-order valence-electron chi connectivity index (χ0n) is 26.4. The summed E-state index contributed by atoms with van der Waals surface area (Å²) < 4.78 is 0. The molecule has 2 rings (SSSR count). The lowest BCUT2D eigenvalue weighted by Crippen LogP contribution is -2.37. The van der Waals surface area contributed by atoms with Gasteiger partial charge in [0.2, 0.25) is 11.8 Å². The Bertz CT molecular complexity index is 756. The molecule has 2 amide bonds.